The number of nitrogens with one attached hydrogen (secondary N) is 1. The third-order valence-corrected chi connectivity index (χ3v) is 4.44. The zero-order valence-corrected chi connectivity index (χ0v) is 16.7. The first kappa shape index (κ1) is 20.8. The molecule has 1 amide bonds. The molecule has 0 bridgehead atoms. The third-order valence-electron chi connectivity index (χ3n) is 4.09. The zero-order valence-electron chi connectivity index (χ0n) is 16.0. The Hall–Kier alpha value is -2.97. The number of rotatable bonds is 8. The second-order valence-corrected chi connectivity index (χ2v) is 6.53. The van der Waals surface area contributed by atoms with Crippen molar-refractivity contribution in [2.24, 2.45) is 0 Å². The van der Waals surface area contributed by atoms with E-state index in [1.54, 1.807) is 26.3 Å². The summed E-state index contributed by atoms with van der Waals surface area (Å²) in [6, 6.07) is 9.22. The third kappa shape index (κ3) is 5.10. The van der Waals surface area contributed by atoms with Gasteiger partial charge < -0.3 is 14.8 Å². The molecule has 3 aromatic rings. The molecule has 0 saturated heterocycles. The number of aromatic nitrogens is 3. The van der Waals surface area contributed by atoms with Gasteiger partial charge in [-0.25, -0.2) is 14.1 Å². The highest BCUT2D eigenvalue weighted by Gasteiger charge is 2.21. The molecule has 0 saturated carbocycles. The van der Waals surface area contributed by atoms with E-state index in [0.29, 0.717) is 30.5 Å². The topological polar surface area (TPSA) is 78.3 Å². The number of carbonyl (C=O) groups excluding carboxylic acids is 1. The van der Waals surface area contributed by atoms with Gasteiger partial charge in [-0.05, 0) is 36.8 Å². The lowest BCUT2D eigenvalue weighted by molar-refractivity contribution is 0.0950. The quantitative estimate of drug-likeness (QED) is 0.568. The van der Waals surface area contributed by atoms with Crippen molar-refractivity contribution in [1.82, 2.24) is 20.1 Å². The van der Waals surface area contributed by atoms with Crippen LogP contribution in [0.2, 0.25) is 5.15 Å². The van der Waals surface area contributed by atoms with Crippen LogP contribution in [0.3, 0.4) is 0 Å². The van der Waals surface area contributed by atoms with E-state index in [9.17, 15) is 9.18 Å². The lowest BCUT2D eigenvalue weighted by atomic mass is 10.2. The van der Waals surface area contributed by atoms with Crippen molar-refractivity contribution in [3.05, 3.63) is 70.4 Å². The molecule has 2 aromatic heterocycles. The van der Waals surface area contributed by atoms with Crippen molar-refractivity contribution in [3.8, 4) is 11.6 Å². The maximum atomic E-state index is 13.1. The van der Waals surface area contributed by atoms with Crippen LogP contribution in [0.1, 0.15) is 21.6 Å². The number of carbonyl (C=O) groups is 1. The molecule has 0 aliphatic carbocycles. The van der Waals surface area contributed by atoms with Crippen molar-refractivity contribution in [2.45, 2.75) is 13.5 Å². The minimum atomic E-state index is -0.365. The van der Waals surface area contributed by atoms with Crippen LogP contribution in [-0.4, -0.2) is 41.0 Å². The van der Waals surface area contributed by atoms with E-state index in [0.717, 1.165) is 5.56 Å². The van der Waals surface area contributed by atoms with Crippen LogP contribution in [0.4, 0.5) is 4.39 Å². The number of benzene rings is 1. The molecule has 0 unspecified atom stereocenters. The first-order valence-electron chi connectivity index (χ1n) is 8.85. The Kier molecular flexibility index (Phi) is 6.79. The Morgan fingerprint density at radius 1 is 1.21 bits per heavy atom. The number of aryl methyl sites for hydroxylation is 1. The summed E-state index contributed by atoms with van der Waals surface area (Å²) >= 11 is 6.37. The summed E-state index contributed by atoms with van der Waals surface area (Å²) < 4.78 is 24.9. The van der Waals surface area contributed by atoms with Crippen molar-refractivity contribution >= 4 is 17.5 Å². The number of pyridine rings is 1. The first-order chi connectivity index (χ1) is 14.0. The van der Waals surface area contributed by atoms with Crippen LogP contribution in [0.15, 0.2) is 42.6 Å². The Morgan fingerprint density at radius 2 is 1.97 bits per heavy atom. The van der Waals surface area contributed by atoms with Crippen LogP contribution in [0, 0.1) is 12.7 Å². The zero-order chi connectivity index (χ0) is 20.8. The fraction of sp³-hybridized carbons (Fsp3) is 0.250. The van der Waals surface area contributed by atoms with Gasteiger partial charge in [0.2, 0.25) is 5.88 Å². The van der Waals surface area contributed by atoms with Gasteiger partial charge >= 0.3 is 0 Å². The molecule has 29 heavy (non-hydrogen) atoms. The van der Waals surface area contributed by atoms with Crippen LogP contribution < -0.4 is 10.1 Å². The molecular weight excluding hydrogens is 399 g/mol. The number of nitrogens with zero attached hydrogens (tertiary/aromatic N) is 3. The molecule has 0 spiro atoms. The van der Waals surface area contributed by atoms with Gasteiger partial charge in [0, 0.05) is 25.9 Å². The Morgan fingerprint density at radius 3 is 2.62 bits per heavy atom. The summed E-state index contributed by atoms with van der Waals surface area (Å²) in [7, 11) is 1.60. The number of amides is 1. The molecule has 0 aliphatic rings. The number of hydrogen-bond acceptors (Lipinski definition) is 5. The van der Waals surface area contributed by atoms with E-state index in [1.165, 1.54) is 28.9 Å². The SMILES string of the molecule is COCCOc1ccc(CNC(=O)c2c(C)nn(-c3ccc(F)cc3)c2Cl)cn1. The summed E-state index contributed by atoms with van der Waals surface area (Å²) in [6.07, 6.45) is 1.62. The standard InChI is InChI=1S/C20H20ClFN4O3/c1-13-18(19(21)26(25-13)16-6-4-15(22)5-7-16)20(27)24-12-14-3-8-17(23-11-14)29-10-9-28-2/h3-8,11H,9-10,12H2,1-2H3,(H,24,27). The molecule has 1 aromatic carbocycles. The molecule has 7 nitrogen and oxygen atoms in total. The first-order valence-corrected chi connectivity index (χ1v) is 9.23. The number of ether oxygens (including phenoxy) is 2. The summed E-state index contributed by atoms with van der Waals surface area (Å²) in [5.74, 6) is -0.242. The molecule has 1 N–H and O–H groups in total. The maximum absolute atomic E-state index is 13.1. The fourth-order valence-corrected chi connectivity index (χ4v) is 2.97. The molecular formula is C20H20ClFN4O3. The molecule has 0 aliphatic heterocycles. The molecule has 2 heterocycles. The van der Waals surface area contributed by atoms with Gasteiger partial charge in [0.1, 0.15) is 17.6 Å². The van der Waals surface area contributed by atoms with Crippen LogP contribution >= 0.6 is 11.6 Å². The van der Waals surface area contributed by atoms with Gasteiger partial charge in [-0.3, -0.25) is 4.79 Å². The second-order valence-electron chi connectivity index (χ2n) is 6.17. The largest absolute Gasteiger partial charge is 0.475 e. The highest BCUT2D eigenvalue weighted by atomic mass is 35.5. The van der Waals surface area contributed by atoms with Crippen LogP contribution in [-0.2, 0) is 11.3 Å². The van der Waals surface area contributed by atoms with Gasteiger partial charge in [0.15, 0.2) is 0 Å². The van der Waals surface area contributed by atoms with Crippen molar-refractivity contribution < 1.29 is 18.7 Å². The molecule has 9 heteroatoms. The highest BCUT2D eigenvalue weighted by molar-refractivity contribution is 6.33. The molecule has 0 radical (unpaired) electrons. The minimum Gasteiger partial charge on any atom is -0.475 e. The average Bonchev–Trinajstić information content (AvgIpc) is 3.02. The van der Waals surface area contributed by atoms with Crippen LogP contribution in [0.25, 0.3) is 5.69 Å². The predicted molar refractivity (Wildman–Crippen MR) is 106 cm³/mol. The number of halogens is 2. The molecule has 152 valence electrons. The Bertz CT molecular complexity index is 975. The van der Waals surface area contributed by atoms with Crippen molar-refractivity contribution in [1.29, 1.82) is 0 Å². The lowest BCUT2D eigenvalue weighted by Gasteiger charge is -2.07. The summed E-state index contributed by atoms with van der Waals surface area (Å²) in [6.45, 7) is 2.84. The summed E-state index contributed by atoms with van der Waals surface area (Å²) in [5, 5.41) is 7.26. The van der Waals surface area contributed by atoms with E-state index in [4.69, 9.17) is 21.1 Å². The maximum Gasteiger partial charge on any atom is 0.256 e. The van der Waals surface area contributed by atoms with E-state index in [-0.39, 0.29) is 29.0 Å². The second kappa shape index (κ2) is 9.49. The van der Waals surface area contributed by atoms with E-state index >= 15 is 0 Å². The Labute approximate surface area is 172 Å². The van der Waals surface area contributed by atoms with Crippen LogP contribution in [0.5, 0.6) is 5.88 Å². The van der Waals surface area contributed by atoms with Gasteiger partial charge in [0.05, 0.1) is 23.6 Å². The van der Waals surface area contributed by atoms with Gasteiger partial charge in [0.25, 0.3) is 5.91 Å². The summed E-state index contributed by atoms with van der Waals surface area (Å²) in [4.78, 5) is 16.8. The lowest BCUT2D eigenvalue weighted by Crippen LogP contribution is -2.23. The van der Waals surface area contributed by atoms with E-state index < -0.39 is 0 Å². The monoisotopic (exact) mass is 418 g/mol. The number of methoxy groups -OCH3 is 1. The van der Waals surface area contributed by atoms with Gasteiger partial charge in [-0.1, -0.05) is 17.7 Å². The summed E-state index contributed by atoms with van der Waals surface area (Å²) in [5.41, 5.74) is 2.10. The van der Waals surface area contributed by atoms with Gasteiger partial charge in [-0.15, -0.1) is 0 Å². The molecule has 0 fully saturated rings. The average molecular weight is 419 g/mol. The predicted octanol–water partition coefficient (Wildman–Crippen LogP) is 3.32. The minimum absolute atomic E-state index is 0.159. The fourth-order valence-electron chi connectivity index (χ4n) is 2.61. The molecule has 0 atom stereocenters. The smallest absolute Gasteiger partial charge is 0.256 e. The number of hydrogen-bond donors (Lipinski definition) is 1. The normalized spacial score (nSPS) is 10.8. The highest BCUT2D eigenvalue weighted by Crippen LogP contribution is 2.23. The van der Waals surface area contributed by atoms with E-state index in [1.807, 2.05) is 6.07 Å². The molecule has 3 rings (SSSR count). The van der Waals surface area contributed by atoms with E-state index in [2.05, 4.69) is 15.4 Å². The van der Waals surface area contributed by atoms with Crippen molar-refractivity contribution in [2.75, 3.05) is 20.3 Å². The Balaban J connectivity index is 1.66. The van der Waals surface area contributed by atoms with Crippen molar-refractivity contribution in [3.63, 3.8) is 0 Å². The van der Waals surface area contributed by atoms with Gasteiger partial charge in [-0.2, -0.15) is 5.10 Å².